The molecule has 1 N–H and O–H groups in total. The number of amides is 2. The van der Waals surface area contributed by atoms with Crippen LogP contribution in [-0.2, 0) is 0 Å². The molecule has 0 atom stereocenters. The topological polar surface area (TPSA) is 63.3 Å². The van der Waals surface area contributed by atoms with Crippen LogP contribution in [0.3, 0.4) is 0 Å². The Morgan fingerprint density at radius 2 is 2.00 bits per heavy atom. The number of fused-ring (bicyclic) bond motifs is 1. The van der Waals surface area contributed by atoms with Gasteiger partial charge in [0.2, 0.25) is 6.79 Å². The normalized spacial score (nSPS) is 20.8. The lowest BCUT2D eigenvalue weighted by atomic mass is 10.0. The fourth-order valence-electron chi connectivity index (χ4n) is 3.73. The third kappa shape index (κ3) is 3.76. The molecule has 4 rings (SSSR count). The lowest BCUT2D eigenvalue weighted by Crippen LogP contribution is -2.46. The Morgan fingerprint density at radius 3 is 2.80 bits per heavy atom. The number of carbonyl (C=O) groups is 1. The molecule has 0 unspecified atom stereocenters. The van der Waals surface area contributed by atoms with E-state index in [0.29, 0.717) is 12.6 Å². The summed E-state index contributed by atoms with van der Waals surface area (Å²) in [7, 11) is 0. The lowest BCUT2D eigenvalue weighted by Gasteiger charge is -2.36. The highest BCUT2D eigenvalue weighted by Crippen LogP contribution is 2.35. The second kappa shape index (κ2) is 7.39. The first-order chi connectivity index (χ1) is 12.3. The first-order valence-electron chi connectivity index (χ1n) is 9.09. The Bertz CT molecular complexity index is 616. The number of hydrogen-bond acceptors (Lipinski definition) is 5. The van der Waals surface area contributed by atoms with Crippen molar-refractivity contribution < 1.29 is 19.0 Å². The van der Waals surface area contributed by atoms with Crippen molar-refractivity contribution in [2.75, 3.05) is 46.1 Å². The van der Waals surface area contributed by atoms with Crippen LogP contribution in [0.5, 0.6) is 17.2 Å². The Labute approximate surface area is 147 Å². The number of benzene rings is 1. The molecule has 0 aromatic heterocycles. The average molecular weight is 347 g/mol. The van der Waals surface area contributed by atoms with Crippen molar-refractivity contribution in [1.82, 2.24) is 15.1 Å². The highest BCUT2D eigenvalue weighted by atomic mass is 16.7. The largest absolute Gasteiger partial charge is 0.493 e. The molecule has 2 amide bonds. The van der Waals surface area contributed by atoms with Gasteiger partial charge in [-0.1, -0.05) is 0 Å². The Morgan fingerprint density at radius 1 is 1.16 bits per heavy atom. The van der Waals surface area contributed by atoms with Gasteiger partial charge in [0.05, 0.1) is 6.61 Å². The number of hydrogen-bond donors (Lipinski definition) is 1. The molecule has 1 aromatic rings. The van der Waals surface area contributed by atoms with Crippen LogP contribution in [0.2, 0.25) is 0 Å². The highest BCUT2D eigenvalue weighted by Gasteiger charge is 2.30. The first kappa shape index (κ1) is 16.3. The predicted molar refractivity (Wildman–Crippen MR) is 92.2 cm³/mol. The SMILES string of the molecule is O=C1NCCN1C1CCN(CCCOc2ccc3c(c2)OCO3)CC1. The van der Waals surface area contributed by atoms with E-state index in [0.717, 1.165) is 69.2 Å². The zero-order valence-corrected chi connectivity index (χ0v) is 14.4. The van der Waals surface area contributed by atoms with Crippen LogP contribution >= 0.6 is 0 Å². The maximum Gasteiger partial charge on any atom is 0.317 e. The minimum absolute atomic E-state index is 0.107. The minimum Gasteiger partial charge on any atom is -0.493 e. The van der Waals surface area contributed by atoms with E-state index in [1.807, 2.05) is 23.1 Å². The van der Waals surface area contributed by atoms with E-state index in [4.69, 9.17) is 14.2 Å². The maximum absolute atomic E-state index is 11.7. The number of piperidine rings is 1. The van der Waals surface area contributed by atoms with E-state index in [1.54, 1.807) is 0 Å². The van der Waals surface area contributed by atoms with Gasteiger partial charge >= 0.3 is 6.03 Å². The van der Waals surface area contributed by atoms with E-state index < -0.39 is 0 Å². The summed E-state index contributed by atoms with van der Waals surface area (Å²) in [5.41, 5.74) is 0. The zero-order valence-electron chi connectivity index (χ0n) is 14.4. The van der Waals surface area contributed by atoms with E-state index >= 15 is 0 Å². The molecule has 0 spiro atoms. The van der Waals surface area contributed by atoms with Gasteiger partial charge in [-0.3, -0.25) is 0 Å². The van der Waals surface area contributed by atoms with Crippen LogP contribution in [-0.4, -0.2) is 68.0 Å². The number of carbonyl (C=O) groups excluding carboxylic acids is 1. The van der Waals surface area contributed by atoms with E-state index in [9.17, 15) is 4.79 Å². The Balaban J connectivity index is 1.15. The molecule has 0 aliphatic carbocycles. The number of nitrogens with zero attached hydrogens (tertiary/aromatic N) is 2. The van der Waals surface area contributed by atoms with E-state index in [1.165, 1.54) is 0 Å². The van der Waals surface area contributed by atoms with Gasteiger partial charge < -0.3 is 29.3 Å². The summed E-state index contributed by atoms with van der Waals surface area (Å²) in [5.74, 6) is 2.36. The van der Waals surface area contributed by atoms with Gasteiger partial charge in [-0.25, -0.2) is 4.79 Å². The molecule has 7 heteroatoms. The van der Waals surface area contributed by atoms with Gasteiger partial charge in [-0.2, -0.15) is 0 Å². The van der Waals surface area contributed by atoms with Gasteiger partial charge in [0.1, 0.15) is 5.75 Å². The van der Waals surface area contributed by atoms with E-state index in [2.05, 4.69) is 10.2 Å². The van der Waals surface area contributed by atoms with E-state index in [-0.39, 0.29) is 12.8 Å². The Hall–Kier alpha value is -2.15. The van der Waals surface area contributed by atoms with Gasteiger partial charge in [0.25, 0.3) is 0 Å². The van der Waals surface area contributed by atoms with Crippen LogP contribution in [0.25, 0.3) is 0 Å². The molecule has 0 radical (unpaired) electrons. The summed E-state index contributed by atoms with van der Waals surface area (Å²) < 4.78 is 16.5. The molecular weight excluding hydrogens is 322 g/mol. The fraction of sp³-hybridized carbons (Fsp3) is 0.611. The van der Waals surface area contributed by atoms with Crippen molar-refractivity contribution in [3.63, 3.8) is 0 Å². The highest BCUT2D eigenvalue weighted by molar-refractivity contribution is 5.76. The first-order valence-corrected chi connectivity index (χ1v) is 9.09. The molecule has 2 fully saturated rings. The second-order valence-corrected chi connectivity index (χ2v) is 6.72. The minimum atomic E-state index is 0.107. The summed E-state index contributed by atoms with van der Waals surface area (Å²) >= 11 is 0. The average Bonchev–Trinajstić information content (AvgIpc) is 3.27. The number of likely N-dealkylation sites (tertiary alicyclic amines) is 1. The van der Waals surface area contributed by atoms with Gasteiger partial charge in [-0.15, -0.1) is 0 Å². The summed E-state index contributed by atoms with van der Waals surface area (Å²) in [5, 5.41) is 2.89. The number of urea groups is 1. The van der Waals surface area contributed by atoms with Crippen molar-refractivity contribution >= 4 is 6.03 Å². The molecule has 3 heterocycles. The van der Waals surface area contributed by atoms with Crippen LogP contribution in [0, 0.1) is 0 Å². The summed E-state index contributed by atoms with van der Waals surface area (Å²) in [6, 6.07) is 6.20. The molecule has 2 saturated heterocycles. The van der Waals surface area contributed by atoms with Crippen molar-refractivity contribution in [3.05, 3.63) is 18.2 Å². The molecule has 0 bridgehead atoms. The number of rotatable bonds is 6. The lowest BCUT2D eigenvalue weighted by molar-refractivity contribution is 0.131. The van der Waals surface area contributed by atoms with Crippen LogP contribution in [0.15, 0.2) is 18.2 Å². The third-order valence-electron chi connectivity index (χ3n) is 5.12. The molecule has 25 heavy (non-hydrogen) atoms. The monoisotopic (exact) mass is 347 g/mol. The maximum atomic E-state index is 11.7. The second-order valence-electron chi connectivity index (χ2n) is 6.72. The Kier molecular flexibility index (Phi) is 4.83. The molecular formula is C18H25N3O4. The van der Waals surface area contributed by atoms with Crippen molar-refractivity contribution in [3.8, 4) is 17.2 Å². The summed E-state index contributed by atoms with van der Waals surface area (Å²) in [4.78, 5) is 16.2. The van der Waals surface area contributed by atoms with Gasteiger partial charge in [-0.05, 0) is 31.4 Å². The number of ether oxygens (including phenoxy) is 3. The molecule has 0 saturated carbocycles. The molecule has 1 aromatic carbocycles. The van der Waals surface area contributed by atoms with Crippen molar-refractivity contribution in [2.45, 2.75) is 25.3 Å². The van der Waals surface area contributed by atoms with Crippen LogP contribution in [0.1, 0.15) is 19.3 Å². The van der Waals surface area contributed by atoms with Gasteiger partial charge in [0, 0.05) is 44.8 Å². The van der Waals surface area contributed by atoms with Gasteiger partial charge in [0.15, 0.2) is 11.5 Å². The molecule has 3 aliphatic rings. The smallest absolute Gasteiger partial charge is 0.317 e. The van der Waals surface area contributed by atoms with Crippen molar-refractivity contribution in [2.24, 2.45) is 0 Å². The standard InChI is InChI=1S/C18H25N3O4/c22-18-19-6-10-21(18)14-4-8-20(9-5-14)7-1-11-23-15-2-3-16-17(12-15)25-13-24-16/h2-3,12,14H,1,4-11,13H2,(H,19,22). The molecule has 3 aliphatic heterocycles. The third-order valence-corrected chi connectivity index (χ3v) is 5.12. The molecule has 7 nitrogen and oxygen atoms in total. The predicted octanol–water partition coefficient (Wildman–Crippen LogP) is 1.67. The molecule has 136 valence electrons. The summed E-state index contributed by atoms with van der Waals surface area (Å²) in [6.07, 6.45) is 3.12. The fourth-order valence-corrected chi connectivity index (χ4v) is 3.73. The van der Waals surface area contributed by atoms with Crippen molar-refractivity contribution in [1.29, 1.82) is 0 Å². The van der Waals surface area contributed by atoms with Crippen LogP contribution in [0.4, 0.5) is 4.79 Å². The number of nitrogens with one attached hydrogen (secondary N) is 1. The van der Waals surface area contributed by atoms with Crippen LogP contribution < -0.4 is 19.5 Å². The zero-order chi connectivity index (χ0) is 17.1. The quantitative estimate of drug-likeness (QED) is 0.793. The summed E-state index contributed by atoms with van der Waals surface area (Å²) in [6.45, 7) is 5.76.